The summed E-state index contributed by atoms with van der Waals surface area (Å²) in [6.07, 6.45) is 0.901. The molecule has 0 aliphatic rings. The van der Waals surface area contributed by atoms with Crippen LogP contribution in [-0.2, 0) is 0 Å². The first-order valence-electron chi connectivity index (χ1n) is 6.21. The fourth-order valence-corrected chi connectivity index (χ4v) is 2.16. The van der Waals surface area contributed by atoms with Gasteiger partial charge in [0.25, 0.3) is 0 Å². The zero-order valence-electron chi connectivity index (χ0n) is 10.6. The summed E-state index contributed by atoms with van der Waals surface area (Å²) in [7, 11) is 0. The summed E-state index contributed by atoms with van der Waals surface area (Å²) in [4.78, 5) is 8.82. The van der Waals surface area contributed by atoms with Crippen LogP contribution in [0.2, 0.25) is 0 Å². The van der Waals surface area contributed by atoms with Gasteiger partial charge < -0.3 is 5.11 Å². The molecule has 0 aliphatic carbocycles. The van der Waals surface area contributed by atoms with E-state index >= 15 is 0 Å². The number of aryl methyl sites for hydroxylation is 1. The molecule has 1 N–H and O–H groups in total. The van der Waals surface area contributed by atoms with Gasteiger partial charge in [0.2, 0.25) is 0 Å². The van der Waals surface area contributed by atoms with E-state index in [1.807, 2.05) is 55.5 Å². The van der Waals surface area contributed by atoms with Crippen molar-refractivity contribution in [2.75, 3.05) is 0 Å². The Hall–Kier alpha value is -2.26. The number of hydrogen-bond donors (Lipinski definition) is 1. The molecule has 3 aromatic rings. The van der Waals surface area contributed by atoms with Crippen molar-refractivity contribution in [1.82, 2.24) is 9.97 Å². The molecule has 0 fully saturated rings. The van der Waals surface area contributed by atoms with E-state index in [9.17, 15) is 5.11 Å². The lowest BCUT2D eigenvalue weighted by molar-refractivity contribution is 0.214. The summed E-state index contributed by atoms with van der Waals surface area (Å²) in [5, 5.41) is 10.4. The van der Waals surface area contributed by atoms with Crippen molar-refractivity contribution >= 4 is 11.0 Å². The highest BCUT2D eigenvalue weighted by Gasteiger charge is 2.14. The molecular weight excluding hydrogens is 236 g/mol. The van der Waals surface area contributed by atoms with Gasteiger partial charge in [0.05, 0.1) is 22.9 Å². The standard InChI is InChI=1S/C16H14N2O/c1-11-6-2-3-7-12(11)16(19)15-10-17-13-8-4-5-9-14(13)18-15/h2-10,16,19H,1H3/t16-/m1/s1. The van der Waals surface area contributed by atoms with Crippen LogP contribution in [0.25, 0.3) is 11.0 Å². The minimum atomic E-state index is -0.738. The highest BCUT2D eigenvalue weighted by molar-refractivity contribution is 5.73. The summed E-state index contributed by atoms with van der Waals surface area (Å²) in [5.41, 5.74) is 4.13. The molecule has 3 rings (SSSR count). The Balaban J connectivity index is 2.07. The van der Waals surface area contributed by atoms with E-state index in [4.69, 9.17) is 0 Å². The highest BCUT2D eigenvalue weighted by Crippen LogP contribution is 2.23. The van der Waals surface area contributed by atoms with Gasteiger partial charge in [-0.05, 0) is 30.2 Å². The summed E-state index contributed by atoms with van der Waals surface area (Å²) in [6.45, 7) is 1.98. The first-order chi connectivity index (χ1) is 9.25. The quantitative estimate of drug-likeness (QED) is 0.760. The van der Waals surface area contributed by atoms with Gasteiger partial charge in [-0.2, -0.15) is 0 Å². The van der Waals surface area contributed by atoms with E-state index in [-0.39, 0.29) is 0 Å². The van der Waals surface area contributed by atoms with Gasteiger partial charge in [-0.15, -0.1) is 0 Å². The van der Waals surface area contributed by atoms with E-state index in [1.165, 1.54) is 0 Å². The molecule has 3 nitrogen and oxygen atoms in total. The van der Waals surface area contributed by atoms with Crippen LogP contribution in [-0.4, -0.2) is 15.1 Å². The Morgan fingerprint density at radius 1 is 0.947 bits per heavy atom. The molecule has 94 valence electrons. The molecule has 0 unspecified atom stereocenters. The average molecular weight is 250 g/mol. The predicted octanol–water partition coefficient (Wildman–Crippen LogP) is 3.02. The monoisotopic (exact) mass is 250 g/mol. The molecule has 2 aromatic carbocycles. The second-order valence-electron chi connectivity index (χ2n) is 4.54. The number of benzene rings is 2. The van der Waals surface area contributed by atoms with Crippen molar-refractivity contribution in [1.29, 1.82) is 0 Å². The Morgan fingerprint density at radius 3 is 2.42 bits per heavy atom. The molecule has 0 saturated carbocycles. The molecule has 0 radical (unpaired) electrons. The molecule has 0 bridgehead atoms. The second kappa shape index (κ2) is 4.78. The molecule has 0 saturated heterocycles. The van der Waals surface area contributed by atoms with Crippen LogP contribution >= 0.6 is 0 Å². The van der Waals surface area contributed by atoms with Gasteiger partial charge in [0.15, 0.2) is 0 Å². The van der Waals surface area contributed by atoms with Gasteiger partial charge >= 0.3 is 0 Å². The first kappa shape index (κ1) is 11.8. The third-order valence-electron chi connectivity index (χ3n) is 3.23. The van der Waals surface area contributed by atoms with Crippen LogP contribution in [0.15, 0.2) is 54.7 Å². The van der Waals surface area contributed by atoms with Crippen molar-refractivity contribution in [3.05, 3.63) is 71.5 Å². The molecule has 1 aromatic heterocycles. The Bertz CT molecular complexity index is 725. The van der Waals surface area contributed by atoms with Gasteiger partial charge in [-0.3, -0.25) is 4.98 Å². The fraction of sp³-hybridized carbons (Fsp3) is 0.125. The number of fused-ring (bicyclic) bond motifs is 1. The lowest BCUT2D eigenvalue weighted by atomic mass is 10.0. The van der Waals surface area contributed by atoms with Crippen molar-refractivity contribution < 1.29 is 5.11 Å². The second-order valence-corrected chi connectivity index (χ2v) is 4.54. The van der Waals surface area contributed by atoms with Gasteiger partial charge in [0.1, 0.15) is 6.10 Å². The number of hydrogen-bond acceptors (Lipinski definition) is 3. The van der Waals surface area contributed by atoms with Crippen LogP contribution in [0.5, 0.6) is 0 Å². The van der Waals surface area contributed by atoms with E-state index < -0.39 is 6.10 Å². The Labute approximate surface area is 111 Å². The zero-order valence-corrected chi connectivity index (χ0v) is 10.6. The number of rotatable bonds is 2. The van der Waals surface area contributed by atoms with Crippen molar-refractivity contribution in [3.8, 4) is 0 Å². The zero-order chi connectivity index (χ0) is 13.2. The van der Waals surface area contributed by atoms with E-state index in [2.05, 4.69) is 9.97 Å². The maximum Gasteiger partial charge on any atom is 0.123 e. The normalized spacial score (nSPS) is 12.5. The first-order valence-corrected chi connectivity index (χ1v) is 6.21. The minimum absolute atomic E-state index is 0.577. The summed E-state index contributed by atoms with van der Waals surface area (Å²) in [6, 6.07) is 15.4. The van der Waals surface area contributed by atoms with Crippen molar-refractivity contribution in [2.24, 2.45) is 0 Å². The largest absolute Gasteiger partial charge is 0.382 e. The van der Waals surface area contributed by atoms with Gasteiger partial charge in [0, 0.05) is 0 Å². The van der Waals surface area contributed by atoms with Gasteiger partial charge in [-0.25, -0.2) is 4.98 Å². The molecule has 3 heteroatoms. The lowest BCUT2D eigenvalue weighted by Crippen LogP contribution is -2.05. The van der Waals surface area contributed by atoms with E-state index in [1.54, 1.807) is 6.20 Å². The topological polar surface area (TPSA) is 46.0 Å². The van der Waals surface area contributed by atoms with Crippen molar-refractivity contribution in [3.63, 3.8) is 0 Å². The molecule has 0 amide bonds. The predicted molar refractivity (Wildman–Crippen MR) is 74.8 cm³/mol. The lowest BCUT2D eigenvalue weighted by Gasteiger charge is -2.13. The third-order valence-corrected chi connectivity index (χ3v) is 3.23. The minimum Gasteiger partial charge on any atom is -0.382 e. The molecule has 1 atom stereocenters. The number of nitrogens with zero attached hydrogens (tertiary/aromatic N) is 2. The Morgan fingerprint density at radius 2 is 1.63 bits per heavy atom. The van der Waals surface area contributed by atoms with Gasteiger partial charge in [-0.1, -0.05) is 36.4 Å². The van der Waals surface area contributed by atoms with E-state index in [0.717, 1.165) is 22.2 Å². The van der Waals surface area contributed by atoms with Crippen LogP contribution < -0.4 is 0 Å². The molecule has 0 spiro atoms. The molecule has 0 aliphatic heterocycles. The third kappa shape index (κ3) is 2.20. The maximum absolute atomic E-state index is 10.4. The molecule has 1 heterocycles. The maximum atomic E-state index is 10.4. The number of para-hydroxylation sites is 2. The van der Waals surface area contributed by atoms with Crippen LogP contribution in [0.3, 0.4) is 0 Å². The molecular formula is C16H14N2O. The van der Waals surface area contributed by atoms with E-state index in [0.29, 0.717) is 5.69 Å². The smallest absolute Gasteiger partial charge is 0.123 e. The Kier molecular flexibility index (Phi) is 2.97. The number of aromatic nitrogens is 2. The summed E-state index contributed by atoms with van der Waals surface area (Å²) in [5.74, 6) is 0. The average Bonchev–Trinajstić information content (AvgIpc) is 2.46. The number of aliphatic hydroxyl groups excluding tert-OH is 1. The highest BCUT2D eigenvalue weighted by atomic mass is 16.3. The van der Waals surface area contributed by atoms with Crippen molar-refractivity contribution in [2.45, 2.75) is 13.0 Å². The fourth-order valence-electron chi connectivity index (χ4n) is 2.16. The molecule has 19 heavy (non-hydrogen) atoms. The number of aliphatic hydroxyl groups is 1. The SMILES string of the molecule is Cc1ccccc1[C@@H](O)c1cnc2ccccc2n1. The van der Waals surface area contributed by atoms with Crippen LogP contribution in [0.4, 0.5) is 0 Å². The summed E-state index contributed by atoms with van der Waals surface area (Å²) < 4.78 is 0. The van der Waals surface area contributed by atoms with Crippen LogP contribution in [0.1, 0.15) is 22.9 Å². The summed E-state index contributed by atoms with van der Waals surface area (Å²) >= 11 is 0. The van der Waals surface area contributed by atoms with Crippen LogP contribution in [0, 0.1) is 6.92 Å².